The third-order valence-electron chi connectivity index (χ3n) is 5.53. The standard InChI is InChI=1S/C25H26N2O4S/c1-19(20-8-3-2-4-9-20)26-25(28)18-31-22-13-15-23(16-14-22)32(29,30)27-17-7-11-21-10-5-6-12-24(21)27/h2-6,8-10,12-16,19H,7,11,17-18H2,1H3,(H,26,28)/t19-/m1/s1. The molecule has 0 spiro atoms. The summed E-state index contributed by atoms with van der Waals surface area (Å²) in [5, 5.41) is 2.89. The molecule has 32 heavy (non-hydrogen) atoms. The van der Waals surface area contributed by atoms with E-state index in [0.29, 0.717) is 12.3 Å². The quantitative estimate of drug-likeness (QED) is 0.588. The number of benzene rings is 3. The third kappa shape index (κ3) is 4.78. The topological polar surface area (TPSA) is 75.7 Å². The minimum absolute atomic E-state index is 0.132. The highest BCUT2D eigenvalue weighted by Crippen LogP contribution is 2.32. The predicted octanol–water partition coefficient (Wildman–Crippen LogP) is 4.08. The first kappa shape index (κ1) is 21.9. The summed E-state index contributed by atoms with van der Waals surface area (Å²) in [5.41, 5.74) is 2.79. The number of sulfonamides is 1. The van der Waals surface area contributed by atoms with Crippen molar-refractivity contribution >= 4 is 21.6 Å². The maximum absolute atomic E-state index is 13.2. The van der Waals surface area contributed by atoms with E-state index in [1.807, 2.05) is 61.5 Å². The van der Waals surface area contributed by atoms with Crippen LogP contribution >= 0.6 is 0 Å². The largest absolute Gasteiger partial charge is 0.484 e. The fourth-order valence-electron chi connectivity index (χ4n) is 3.84. The van der Waals surface area contributed by atoms with Crippen LogP contribution in [0, 0.1) is 0 Å². The Morgan fingerprint density at radius 1 is 1.00 bits per heavy atom. The van der Waals surface area contributed by atoms with Crippen molar-refractivity contribution in [2.45, 2.75) is 30.7 Å². The first-order valence-corrected chi connectivity index (χ1v) is 12.1. The zero-order chi connectivity index (χ0) is 22.6. The molecule has 0 aliphatic carbocycles. The maximum atomic E-state index is 13.2. The zero-order valence-corrected chi connectivity index (χ0v) is 18.7. The van der Waals surface area contributed by atoms with Gasteiger partial charge >= 0.3 is 0 Å². The number of rotatable bonds is 7. The molecule has 0 aromatic heterocycles. The number of amides is 1. The van der Waals surface area contributed by atoms with Gasteiger partial charge in [-0.2, -0.15) is 0 Å². The Bertz CT molecular complexity index is 1180. The van der Waals surface area contributed by atoms with Crippen molar-refractivity contribution in [2.75, 3.05) is 17.5 Å². The van der Waals surface area contributed by atoms with Gasteiger partial charge in [0, 0.05) is 6.54 Å². The molecule has 0 unspecified atom stereocenters. The van der Waals surface area contributed by atoms with Gasteiger partial charge in [0.05, 0.1) is 16.6 Å². The number of carbonyl (C=O) groups is 1. The van der Waals surface area contributed by atoms with Crippen LogP contribution in [0.3, 0.4) is 0 Å². The van der Waals surface area contributed by atoms with E-state index in [1.54, 1.807) is 12.1 Å². The van der Waals surface area contributed by atoms with Crippen molar-refractivity contribution in [3.63, 3.8) is 0 Å². The molecule has 0 saturated heterocycles. The van der Waals surface area contributed by atoms with E-state index in [-0.39, 0.29) is 23.5 Å². The van der Waals surface area contributed by atoms with Crippen molar-refractivity contribution in [2.24, 2.45) is 0 Å². The van der Waals surface area contributed by atoms with Gasteiger partial charge in [0.15, 0.2) is 6.61 Å². The van der Waals surface area contributed by atoms with Gasteiger partial charge in [-0.1, -0.05) is 48.5 Å². The van der Waals surface area contributed by atoms with Crippen molar-refractivity contribution in [1.82, 2.24) is 5.32 Å². The van der Waals surface area contributed by atoms with E-state index in [0.717, 1.165) is 29.7 Å². The Hall–Kier alpha value is -3.32. The average molecular weight is 451 g/mol. The molecule has 1 atom stereocenters. The normalized spacial score (nSPS) is 14.3. The van der Waals surface area contributed by atoms with E-state index in [2.05, 4.69) is 5.32 Å². The molecule has 1 N–H and O–H groups in total. The highest BCUT2D eigenvalue weighted by Gasteiger charge is 2.28. The Morgan fingerprint density at radius 3 is 2.44 bits per heavy atom. The summed E-state index contributed by atoms with van der Waals surface area (Å²) in [6.45, 7) is 2.21. The number of nitrogens with zero attached hydrogens (tertiary/aromatic N) is 1. The summed E-state index contributed by atoms with van der Waals surface area (Å²) in [4.78, 5) is 12.4. The van der Waals surface area contributed by atoms with Gasteiger partial charge in [0.1, 0.15) is 5.75 Å². The maximum Gasteiger partial charge on any atom is 0.264 e. The monoisotopic (exact) mass is 450 g/mol. The summed E-state index contributed by atoms with van der Waals surface area (Å²) in [7, 11) is -3.67. The van der Waals surface area contributed by atoms with Crippen LogP contribution in [-0.4, -0.2) is 27.5 Å². The molecular weight excluding hydrogens is 424 g/mol. The van der Waals surface area contributed by atoms with E-state index in [4.69, 9.17) is 4.74 Å². The van der Waals surface area contributed by atoms with Gasteiger partial charge in [-0.25, -0.2) is 8.42 Å². The minimum atomic E-state index is -3.67. The average Bonchev–Trinajstić information content (AvgIpc) is 2.83. The lowest BCUT2D eigenvalue weighted by Gasteiger charge is -2.30. The lowest BCUT2D eigenvalue weighted by Crippen LogP contribution is -2.35. The van der Waals surface area contributed by atoms with Gasteiger partial charge in [0.2, 0.25) is 0 Å². The van der Waals surface area contributed by atoms with Crippen LogP contribution in [-0.2, 0) is 21.2 Å². The Morgan fingerprint density at radius 2 is 1.69 bits per heavy atom. The van der Waals surface area contributed by atoms with Crippen molar-refractivity contribution in [1.29, 1.82) is 0 Å². The first-order valence-electron chi connectivity index (χ1n) is 10.6. The number of aryl methyl sites for hydroxylation is 1. The molecule has 0 radical (unpaired) electrons. The van der Waals surface area contributed by atoms with Crippen molar-refractivity contribution < 1.29 is 17.9 Å². The Labute approximate surface area is 188 Å². The van der Waals surface area contributed by atoms with Crippen molar-refractivity contribution in [3.05, 3.63) is 90.0 Å². The molecule has 0 bridgehead atoms. The van der Waals surface area contributed by atoms with Crippen LogP contribution < -0.4 is 14.4 Å². The third-order valence-corrected chi connectivity index (χ3v) is 7.35. The molecule has 7 heteroatoms. The Kier molecular flexibility index (Phi) is 6.46. The molecule has 4 rings (SSSR count). The van der Waals surface area contributed by atoms with Crippen LogP contribution in [0.1, 0.15) is 30.5 Å². The molecule has 0 saturated carbocycles. The number of ether oxygens (including phenoxy) is 1. The predicted molar refractivity (Wildman–Crippen MR) is 124 cm³/mol. The smallest absolute Gasteiger partial charge is 0.264 e. The number of para-hydroxylation sites is 1. The van der Waals surface area contributed by atoms with E-state index in [9.17, 15) is 13.2 Å². The van der Waals surface area contributed by atoms with Crippen LogP contribution in [0.15, 0.2) is 83.8 Å². The highest BCUT2D eigenvalue weighted by molar-refractivity contribution is 7.92. The summed E-state index contributed by atoms with van der Waals surface area (Å²) < 4.78 is 33.4. The van der Waals surface area contributed by atoms with Crippen molar-refractivity contribution in [3.8, 4) is 5.75 Å². The second kappa shape index (κ2) is 9.44. The molecule has 1 aliphatic heterocycles. The summed E-state index contributed by atoms with van der Waals surface area (Å²) >= 11 is 0. The SMILES string of the molecule is C[C@@H](NC(=O)COc1ccc(S(=O)(=O)N2CCCc3ccccc32)cc1)c1ccccc1. The van der Waals surface area contributed by atoms with E-state index < -0.39 is 10.0 Å². The highest BCUT2D eigenvalue weighted by atomic mass is 32.2. The molecule has 166 valence electrons. The zero-order valence-electron chi connectivity index (χ0n) is 17.9. The lowest BCUT2D eigenvalue weighted by molar-refractivity contribution is -0.123. The molecule has 1 aliphatic rings. The second-order valence-corrected chi connectivity index (χ2v) is 9.63. The summed E-state index contributed by atoms with van der Waals surface area (Å²) in [6.07, 6.45) is 1.66. The number of hydrogen-bond donors (Lipinski definition) is 1. The fraction of sp³-hybridized carbons (Fsp3) is 0.240. The van der Waals surface area contributed by atoms with E-state index in [1.165, 1.54) is 16.4 Å². The number of anilines is 1. The van der Waals surface area contributed by atoms with Gasteiger partial charge in [-0.05, 0) is 61.2 Å². The molecule has 1 amide bonds. The molecule has 3 aromatic carbocycles. The van der Waals surface area contributed by atoms with Crippen LogP contribution in [0.4, 0.5) is 5.69 Å². The lowest BCUT2D eigenvalue weighted by atomic mass is 10.0. The van der Waals surface area contributed by atoms with E-state index >= 15 is 0 Å². The van der Waals surface area contributed by atoms with Gasteiger partial charge in [-0.3, -0.25) is 9.10 Å². The van der Waals surface area contributed by atoms with Gasteiger partial charge in [-0.15, -0.1) is 0 Å². The van der Waals surface area contributed by atoms with Crippen LogP contribution in [0.5, 0.6) is 5.75 Å². The van der Waals surface area contributed by atoms with Crippen LogP contribution in [0.2, 0.25) is 0 Å². The molecular formula is C25H26N2O4S. The minimum Gasteiger partial charge on any atom is -0.484 e. The number of fused-ring (bicyclic) bond motifs is 1. The molecule has 6 nitrogen and oxygen atoms in total. The van der Waals surface area contributed by atoms with Gasteiger partial charge < -0.3 is 10.1 Å². The second-order valence-electron chi connectivity index (χ2n) is 7.77. The number of hydrogen-bond acceptors (Lipinski definition) is 4. The van der Waals surface area contributed by atoms with Gasteiger partial charge in [0.25, 0.3) is 15.9 Å². The number of nitrogens with one attached hydrogen (secondary N) is 1. The molecule has 0 fully saturated rings. The van der Waals surface area contributed by atoms with Crippen LogP contribution in [0.25, 0.3) is 0 Å². The number of carbonyl (C=O) groups excluding carboxylic acids is 1. The fourth-order valence-corrected chi connectivity index (χ4v) is 5.38. The summed E-state index contributed by atoms with van der Waals surface area (Å²) in [6, 6.07) is 23.3. The first-order chi connectivity index (χ1) is 15.4. The Balaban J connectivity index is 1.39. The summed E-state index contributed by atoms with van der Waals surface area (Å²) in [5.74, 6) is 0.188. The molecule has 3 aromatic rings. The molecule has 1 heterocycles.